The molecule has 0 radical (unpaired) electrons. The summed E-state index contributed by atoms with van der Waals surface area (Å²) in [4.78, 5) is 1.75. The SMILES string of the molecule is Brc1ccc(-n2nc3c(n2)CCCC3)cc1. The molecule has 0 unspecified atom stereocenters. The van der Waals surface area contributed by atoms with Gasteiger partial charge < -0.3 is 0 Å². The normalized spacial score (nSPS) is 14.8. The zero-order valence-corrected chi connectivity index (χ0v) is 10.4. The second-order valence-corrected chi connectivity index (χ2v) is 4.98. The fourth-order valence-corrected chi connectivity index (χ4v) is 2.29. The molecule has 2 aromatic rings. The summed E-state index contributed by atoms with van der Waals surface area (Å²) in [5, 5.41) is 9.08. The molecular weight excluding hydrogens is 266 g/mol. The summed E-state index contributed by atoms with van der Waals surface area (Å²) >= 11 is 3.42. The summed E-state index contributed by atoms with van der Waals surface area (Å²) in [7, 11) is 0. The van der Waals surface area contributed by atoms with Crippen molar-refractivity contribution in [3.05, 3.63) is 40.1 Å². The van der Waals surface area contributed by atoms with Gasteiger partial charge in [0.25, 0.3) is 0 Å². The van der Waals surface area contributed by atoms with Crippen LogP contribution >= 0.6 is 15.9 Å². The Morgan fingerprint density at radius 3 is 2.06 bits per heavy atom. The van der Waals surface area contributed by atoms with E-state index in [4.69, 9.17) is 0 Å². The number of nitrogens with zero attached hydrogens (tertiary/aromatic N) is 3. The molecule has 0 saturated carbocycles. The van der Waals surface area contributed by atoms with E-state index in [9.17, 15) is 0 Å². The fourth-order valence-electron chi connectivity index (χ4n) is 2.03. The lowest BCUT2D eigenvalue weighted by Crippen LogP contribution is -2.00. The molecule has 0 amide bonds. The second kappa shape index (κ2) is 4.01. The molecule has 0 spiro atoms. The van der Waals surface area contributed by atoms with Crippen molar-refractivity contribution < 1.29 is 0 Å². The molecule has 16 heavy (non-hydrogen) atoms. The summed E-state index contributed by atoms with van der Waals surface area (Å²) < 4.78 is 1.08. The number of aromatic nitrogens is 3. The van der Waals surface area contributed by atoms with Crippen LogP contribution in [0.25, 0.3) is 5.69 Å². The van der Waals surface area contributed by atoms with E-state index in [1.54, 1.807) is 4.80 Å². The Balaban J connectivity index is 2.00. The van der Waals surface area contributed by atoms with Crippen LogP contribution in [0, 0.1) is 0 Å². The van der Waals surface area contributed by atoms with Crippen molar-refractivity contribution in [1.82, 2.24) is 15.0 Å². The maximum Gasteiger partial charge on any atom is 0.0863 e. The molecule has 0 N–H and O–H groups in total. The Labute approximate surface area is 103 Å². The standard InChI is InChI=1S/C12H12BrN3/c13-9-5-7-10(8-6-9)16-14-11-3-1-2-4-12(11)15-16/h5-8H,1-4H2. The molecule has 1 aliphatic carbocycles. The Bertz CT molecular complexity index is 478. The number of rotatable bonds is 1. The molecule has 1 aromatic carbocycles. The van der Waals surface area contributed by atoms with Crippen molar-refractivity contribution in [1.29, 1.82) is 0 Å². The molecule has 0 saturated heterocycles. The number of aryl methyl sites for hydroxylation is 2. The molecule has 0 aliphatic heterocycles. The van der Waals surface area contributed by atoms with Gasteiger partial charge in [0.1, 0.15) is 0 Å². The van der Waals surface area contributed by atoms with Gasteiger partial charge >= 0.3 is 0 Å². The lowest BCUT2D eigenvalue weighted by atomic mass is 10.0. The van der Waals surface area contributed by atoms with E-state index in [0.29, 0.717) is 0 Å². The van der Waals surface area contributed by atoms with Crippen LogP contribution < -0.4 is 0 Å². The Morgan fingerprint density at radius 2 is 1.50 bits per heavy atom. The molecule has 1 aromatic heterocycles. The van der Waals surface area contributed by atoms with E-state index >= 15 is 0 Å². The van der Waals surface area contributed by atoms with Gasteiger partial charge in [0.2, 0.25) is 0 Å². The van der Waals surface area contributed by atoms with Gasteiger partial charge in [-0.05, 0) is 49.9 Å². The number of fused-ring (bicyclic) bond motifs is 1. The lowest BCUT2D eigenvalue weighted by molar-refractivity contribution is 0.667. The van der Waals surface area contributed by atoms with Crippen molar-refractivity contribution in [2.75, 3.05) is 0 Å². The zero-order chi connectivity index (χ0) is 11.0. The lowest BCUT2D eigenvalue weighted by Gasteiger charge is -2.04. The molecule has 1 aliphatic rings. The van der Waals surface area contributed by atoms with Crippen LogP contribution in [-0.4, -0.2) is 15.0 Å². The number of benzene rings is 1. The maximum atomic E-state index is 4.54. The fraction of sp³-hybridized carbons (Fsp3) is 0.333. The first-order valence-corrected chi connectivity index (χ1v) is 6.33. The highest BCUT2D eigenvalue weighted by Gasteiger charge is 2.15. The van der Waals surface area contributed by atoms with E-state index in [1.165, 1.54) is 24.2 Å². The topological polar surface area (TPSA) is 30.7 Å². The smallest absolute Gasteiger partial charge is 0.0863 e. The van der Waals surface area contributed by atoms with Crippen LogP contribution in [0.1, 0.15) is 24.2 Å². The van der Waals surface area contributed by atoms with Crippen molar-refractivity contribution >= 4 is 15.9 Å². The minimum atomic E-state index is 1.03. The van der Waals surface area contributed by atoms with Gasteiger partial charge in [-0.3, -0.25) is 0 Å². The first-order valence-electron chi connectivity index (χ1n) is 5.54. The van der Waals surface area contributed by atoms with E-state index in [0.717, 1.165) is 23.0 Å². The van der Waals surface area contributed by atoms with Gasteiger partial charge in [-0.25, -0.2) is 0 Å². The van der Waals surface area contributed by atoms with Crippen LogP contribution in [0.3, 0.4) is 0 Å². The van der Waals surface area contributed by atoms with Crippen molar-refractivity contribution in [3.8, 4) is 5.69 Å². The van der Waals surface area contributed by atoms with Crippen molar-refractivity contribution in [3.63, 3.8) is 0 Å². The monoisotopic (exact) mass is 277 g/mol. The van der Waals surface area contributed by atoms with E-state index in [-0.39, 0.29) is 0 Å². The Morgan fingerprint density at radius 1 is 0.938 bits per heavy atom. The highest BCUT2D eigenvalue weighted by atomic mass is 79.9. The second-order valence-electron chi connectivity index (χ2n) is 4.07. The van der Waals surface area contributed by atoms with Gasteiger partial charge in [-0.15, -0.1) is 0 Å². The third kappa shape index (κ3) is 1.78. The maximum absolute atomic E-state index is 4.54. The highest BCUT2D eigenvalue weighted by Crippen LogP contribution is 2.19. The third-order valence-electron chi connectivity index (χ3n) is 2.90. The van der Waals surface area contributed by atoms with Crippen LogP contribution in [0.4, 0.5) is 0 Å². The zero-order valence-electron chi connectivity index (χ0n) is 8.86. The van der Waals surface area contributed by atoms with E-state index in [2.05, 4.69) is 26.1 Å². The highest BCUT2D eigenvalue weighted by molar-refractivity contribution is 9.10. The summed E-state index contributed by atoms with van der Waals surface area (Å²) in [6.45, 7) is 0. The van der Waals surface area contributed by atoms with Gasteiger partial charge in [-0.2, -0.15) is 15.0 Å². The van der Waals surface area contributed by atoms with Gasteiger partial charge in [0.15, 0.2) is 0 Å². The van der Waals surface area contributed by atoms with Gasteiger partial charge in [0.05, 0.1) is 17.1 Å². The van der Waals surface area contributed by atoms with E-state index < -0.39 is 0 Å². The molecule has 0 fully saturated rings. The average molecular weight is 278 g/mol. The average Bonchev–Trinajstić information content (AvgIpc) is 2.73. The molecule has 0 atom stereocenters. The summed E-state index contributed by atoms with van der Waals surface area (Å²) in [5.41, 5.74) is 3.38. The minimum absolute atomic E-state index is 1.03. The Hall–Kier alpha value is -1.16. The largest absolute Gasteiger partial charge is 0.153 e. The molecule has 3 nitrogen and oxygen atoms in total. The first kappa shape index (κ1) is 10.0. The van der Waals surface area contributed by atoms with Crippen molar-refractivity contribution in [2.45, 2.75) is 25.7 Å². The summed E-state index contributed by atoms with van der Waals surface area (Å²) in [6, 6.07) is 8.07. The summed E-state index contributed by atoms with van der Waals surface area (Å²) in [5.74, 6) is 0. The number of halogens is 1. The molecule has 82 valence electrons. The quantitative estimate of drug-likeness (QED) is 0.803. The predicted molar refractivity (Wildman–Crippen MR) is 65.7 cm³/mol. The molecule has 0 bridgehead atoms. The number of hydrogen-bond donors (Lipinski definition) is 0. The summed E-state index contributed by atoms with van der Waals surface area (Å²) in [6.07, 6.45) is 4.63. The predicted octanol–water partition coefficient (Wildman–Crippen LogP) is 2.91. The van der Waals surface area contributed by atoms with Crippen LogP contribution in [0.5, 0.6) is 0 Å². The van der Waals surface area contributed by atoms with Crippen LogP contribution in [0.2, 0.25) is 0 Å². The van der Waals surface area contributed by atoms with E-state index in [1.807, 2.05) is 24.3 Å². The van der Waals surface area contributed by atoms with Crippen molar-refractivity contribution in [2.24, 2.45) is 0 Å². The molecule has 3 rings (SSSR count). The Kier molecular flexibility index (Phi) is 2.52. The third-order valence-corrected chi connectivity index (χ3v) is 3.43. The molecular formula is C12H12BrN3. The van der Waals surface area contributed by atoms with Crippen LogP contribution in [-0.2, 0) is 12.8 Å². The first-order chi connectivity index (χ1) is 7.83. The van der Waals surface area contributed by atoms with Gasteiger partial charge in [-0.1, -0.05) is 15.9 Å². The van der Waals surface area contributed by atoms with Crippen LogP contribution in [0.15, 0.2) is 28.7 Å². The number of hydrogen-bond acceptors (Lipinski definition) is 2. The molecule has 1 heterocycles. The van der Waals surface area contributed by atoms with Gasteiger partial charge in [0, 0.05) is 4.47 Å². The molecule has 4 heteroatoms. The minimum Gasteiger partial charge on any atom is -0.153 e.